The summed E-state index contributed by atoms with van der Waals surface area (Å²) in [5.41, 5.74) is 0.739. The third kappa shape index (κ3) is 5.87. The maximum absolute atomic E-state index is 10.5. The van der Waals surface area contributed by atoms with Gasteiger partial charge in [-0.15, -0.1) is 18.6 Å². The van der Waals surface area contributed by atoms with Gasteiger partial charge in [-0.1, -0.05) is 11.6 Å². The topological polar surface area (TPSA) is 29.1 Å². The predicted octanol–water partition coefficient (Wildman–Crippen LogP) is 2.38. The second-order valence-corrected chi connectivity index (χ2v) is 2.73. The largest absolute Gasteiger partial charge is 2.00 e. The monoisotopic (exact) mass is 253 g/mol. The van der Waals surface area contributed by atoms with Crippen LogP contribution in [0, 0.1) is 12.3 Å². The van der Waals surface area contributed by atoms with Crippen molar-refractivity contribution >= 4 is 11.6 Å². The van der Waals surface area contributed by atoms with Gasteiger partial charge in [-0.25, -0.2) is 12.1 Å². The van der Waals surface area contributed by atoms with E-state index in [-0.39, 0.29) is 17.1 Å². The maximum Gasteiger partial charge on any atom is 2.00 e. The minimum atomic E-state index is -0.411. The number of rotatable bonds is 1. The van der Waals surface area contributed by atoms with Crippen molar-refractivity contribution in [3.8, 4) is 12.3 Å². The Morgan fingerprint density at radius 3 is 2.12 bits per heavy atom. The van der Waals surface area contributed by atoms with Crippen molar-refractivity contribution in [1.29, 1.82) is 0 Å². The van der Waals surface area contributed by atoms with E-state index in [0.717, 1.165) is 5.69 Å². The molecule has 1 N–H and O–H groups in total. The molecule has 0 unspecified atom stereocenters. The molecule has 0 aliphatic heterocycles. The van der Waals surface area contributed by atoms with E-state index in [1.165, 1.54) is 0 Å². The van der Waals surface area contributed by atoms with Gasteiger partial charge in [0.2, 0.25) is 5.91 Å². The van der Waals surface area contributed by atoms with Crippen LogP contribution in [-0.4, -0.2) is 5.91 Å². The molecular weight excluding hydrogens is 242 g/mol. The third-order valence-electron chi connectivity index (χ3n) is 1.61. The zero-order valence-corrected chi connectivity index (χ0v) is 9.64. The molecule has 0 atom stereocenters. The Bertz CT molecular complexity index is 392. The summed E-state index contributed by atoms with van der Waals surface area (Å²) in [6.07, 6.45) is 4.83. The van der Waals surface area contributed by atoms with Crippen molar-refractivity contribution < 1.29 is 21.9 Å². The minimum absolute atomic E-state index is 0. The Labute approximate surface area is 106 Å². The van der Waals surface area contributed by atoms with Crippen LogP contribution < -0.4 is 5.32 Å². The molecule has 0 spiro atoms. The first-order chi connectivity index (χ1) is 7.33. The molecule has 2 aromatic carbocycles. The Balaban J connectivity index is 0.000000318. The van der Waals surface area contributed by atoms with E-state index in [2.05, 4.69) is 5.32 Å². The number of anilines is 1. The molecule has 0 heterocycles. The van der Waals surface area contributed by atoms with Crippen molar-refractivity contribution in [2.24, 2.45) is 0 Å². The van der Waals surface area contributed by atoms with Crippen molar-refractivity contribution in [2.45, 2.75) is 0 Å². The first-order valence-electron chi connectivity index (χ1n) is 4.49. The van der Waals surface area contributed by atoms with Crippen LogP contribution in [-0.2, 0) is 21.9 Å². The zero-order chi connectivity index (χ0) is 10.9. The average Bonchev–Trinajstić information content (AvgIpc) is 2.92. The average molecular weight is 253 g/mol. The molecule has 0 saturated carbocycles. The number of amides is 1. The summed E-state index contributed by atoms with van der Waals surface area (Å²) in [5.74, 6) is 1.54. The van der Waals surface area contributed by atoms with Crippen LogP contribution in [0.25, 0.3) is 0 Å². The summed E-state index contributed by atoms with van der Waals surface area (Å²) < 4.78 is 0. The molecule has 2 aromatic rings. The summed E-state index contributed by atoms with van der Waals surface area (Å²) in [5, 5.41) is 2.50. The maximum atomic E-state index is 10.5. The number of terminal acetylenes is 1. The van der Waals surface area contributed by atoms with Gasteiger partial charge in [0.15, 0.2) is 0 Å². The van der Waals surface area contributed by atoms with Gasteiger partial charge in [0.05, 0.1) is 0 Å². The first kappa shape index (κ1) is 14.2. The molecule has 0 fully saturated rings. The Kier molecular flexibility index (Phi) is 7.61. The molecule has 16 heavy (non-hydrogen) atoms. The van der Waals surface area contributed by atoms with Gasteiger partial charge in [0, 0.05) is 0 Å². The first-order valence-corrected chi connectivity index (χ1v) is 4.49. The van der Waals surface area contributed by atoms with Gasteiger partial charge in [-0.3, -0.25) is 0 Å². The Morgan fingerprint density at radius 1 is 1.19 bits per heavy atom. The van der Waals surface area contributed by atoms with Crippen LogP contribution in [0.1, 0.15) is 0 Å². The quantitative estimate of drug-likeness (QED) is 0.472. The van der Waals surface area contributed by atoms with Gasteiger partial charge in [0.1, 0.15) is 0 Å². The van der Waals surface area contributed by atoms with Crippen LogP contribution in [0.2, 0.25) is 0 Å². The van der Waals surface area contributed by atoms with Gasteiger partial charge >= 0.3 is 17.1 Å². The van der Waals surface area contributed by atoms with Gasteiger partial charge in [0.25, 0.3) is 0 Å². The van der Waals surface area contributed by atoms with Gasteiger partial charge in [-0.2, -0.15) is 30.3 Å². The van der Waals surface area contributed by atoms with Crippen LogP contribution in [0.3, 0.4) is 0 Å². The van der Waals surface area contributed by atoms with Gasteiger partial charge in [-0.05, 0) is 0 Å². The van der Waals surface area contributed by atoms with Gasteiger partial charge < -0.3 is 10.1 Å². The molecular formula is C13H11FeNO. The smallest absolute Gasteiger partial charge is 0.394 e. The summed E-state index contributed by atoms with van der Waals surface area (Å²) in [6.45, 7) is 0. The second kappa shape index (κ2) is 8.55. The van der Waals surface area contributed by atoms with Crippen LogP contribution in [0.4, 0.5) is 5.69 Å². The van der Waals surface area contributed by atoms with E-state index >= 15 is 0 Å². The normalized spacial score (nSPS) is 7.69. The Morgan fingerprint density at radius 2 is 1.75 bits per heavy atom. The number of nitrogens with one attached hydrogen (secondary N) is 1. The predicted molar refractivity (Wildman–Crippen MR) is 61.5 cm³/mol. The molecule has 2 rings (SSSR count). The standard InChI is InChI=1S/C8H6NO.C5H5.Fe/c1-2-8(10)9-7-5-3-4-6-7;1-2-4-5-3-1;/h1,3-6H,(H,9,10);1-5H;/q2*-1;+2. The van der Waals surface area contributed by atoms with Crippen LogP contribution >= 0.6 is 0 Å². The summed E-state index contributed by atoms with van der Waals surface area (Å²) in [4.78, 5) is 10.5. The van der Waals surface area contributed by atoms with E-state index in [1.54, 1.807) is 12.1 Å². The Hall–Kier alpha value is -1.75. The van der Waals surface area contributed by atoms with Crippen molar-refractivity contribution in [2.75, 3.05) is 5.32 Å². The van der Waals surface area contributed by atoms with E-state index < -0.39 is 5.91 Å². The summed E-state index contributed by atoms with van der Waals surface area (Å²) >= 11 is 0. The molecule has 82 valence electrons. The van der Waals surface area contributed by atoms with Crippen LogP contribution in [0.5, 0.6) is 0 Å². The SMILES string of the molecule is C#CC(=O)N[c-]1cccc1.[Fe+2].c1cc[cH-]c1. The fraction of sp³-hybridized carbons (Fsp3) is 0. The molecule has 0 bridgehead atoms. The molecule has 3 heteroatoms. The molecule has 0 saturated heterocycles. The second-order valence-electron chi connectivity index (χ2n) is 2.73. The van der Waals surface area contributed by atoms with Crippen LogP contribution in [0.15, 0.2) is 54.6 Å². The summed E-state index contributed by atoms with van der Waals surface area (Å²) in [7, 11) is 0. The van der Waals surface area contributed by atoms with E-state index in [9.17, 15) is 4.79 Å². The zero-order valence-electron chi connectivity index (χ0n) is 8.54. The summed E-state index contributed by atoms with van der Waals surface area (Å²) in [6, 6.07) is 17.2. The minimum Gasteiger partial charge on any atom is -0.394 e. The number of carbonyl (C=O) groups excluding carboxylic acids is 1. The molecule has 0 aliphatic carbocycles. The molecule has 0 aliphatic rings. The number of hydrogen-bond acceptors (Lipinski definition) is 1. The third-order valence-corrected chi connectivity index (χ3v) is 1.61. The van der Waals surface area contributed by atoms with E-state index in [1.807, 2.05) is 48.4 Å². The fourth-order valence-corrected chi connectivity index (χ4v) is 0.945. The molecule has 0 radical (unpaired) electrons. The van der Waals surface area contributed by atoms with Crippen molar-refractivity contribution in [3.63, 3.8) is 0 Å². The van der Waals surface area contributed by atoms with E-state index in [0.29, 0.717) is 0 Å². The number of carbonyl (C=O) groups is 1. The molecule has 2 nitrogen and oxygen atoms in total. The van der Waals surface area contributed by atoms with E-state index in [4.69, 9.17) is 6.42 Å². The molecule has 1 amide bonds. The molecule has 0 aromatic heterocycles. The number of hydrogen-bond donors (Lipinski definition) is 1. The van der Waals surface area contributed by atoms with Crippen molar-refractivity contribution in [1.82, 2.24) is 0 Å². The van der Waals surface area contributed by atoms with Crippen molar-refractivity contribution in [3.05, 3.63) is 54.6 Å². The fourth-order valence-electron chi connectivity index (χ4n) is 0.945.